The van der Waals surface area contributed by atoms with Crippen molar-refractivity contribution >= 4 is 92.8 Å². The second kappa shape index (κ2) is 14.3. The fourth-order valence-electron chi connectivity index (χ4n) is 7.28. The number of alkyl halides is 6. The summed E-state index contributed by atoms with van der Waals surface area (Å²) >= 11 is 25.4. The third-order valence-corrected chi connectivity index (χ3v) is 11.1. The maximum Gasteiger partial charge on any atom is 0.417 e. The van der Waals surface area contributed by atoms with Gasteiger partial charge in [0.15, 0.2) is 0 Å². The molecule has 8 rings (SSSR count). The van der Waals surface area contributed by atoms with Gasteiger partial charge < -0.3 is 11.5 Å². The van der Waals surface area contributed by atoms with Crippen LogP contribution in [-0.2, 0) is 12.4 Å². The number of halogens is 10. The van der Waals surface area contributed by atoms with E-state index in [0.717, 1.165) is 12.1 Å². The number of nitrogens with zero attached hydrogens (tertiary/aromatic N) is 2. The third kappa shape index (κ3) is 6.69. The minimum Gasteiger partial charge on any atom is -0.399 e. The summed E-state index contributed by atoms with van der Waals surface area (Å²) in [6.45, 7) is 0. The molecule has 0 atom stereocenters. The molecule has 0 bridgehead atoms. The highest BCUT2D eigenvalue weighted by Gasteiger charge is 2.43. The molecule has 8 nitrogen and oxygen atoms in total. The molecule has 2 aliphatic heterocycles. The van der Waals surface area contributed by atoms with Crippen molar-refractivity contribution in [1.82, 2.24) is 0 Å². The first-order valence-corrected chi connectivity index (χ1v) is 18.6. The van der Waals surface area contributed by atoms with E-state index in [4.69, 9.17) is 57.9 Å². The van der Waals surface area contributed by atoms with Crippen molar-refractivity contribution in [1.29, 1.82) is 0 Å². The molecule has 0 unspecified atom stereocenters. The highest BCUT2D eigenvalue weighted by molar-refractivity contribution is 6.41. The van der Waals surface area contributed by atoms with E-state index in [2.05, 4.69) is 0 Å². The maximum atomic E-state index is 14.8. The molecule has 0 aromatic heterocycles. The van der Waals surface area contributed by atoms with E-state index in [1.165, 1.54) is 60.7 Å². The lowest BCUT2D eigenvalue weighted by molar-refractivity contribution is -0.139. The van der Waals surface area contributed by atoms with Gasteiger partial charge in [-0.2, -0.15) is 26.3 Å². The first-order chi connectivity index (χ1) is 28.1. The summed E-state index contributed by atoms with van der Waals surface area (Å²) in [7, 11) is 0. The van der Waals surface area contributed by atoms with Crippen molar-refractivity contribution in [2.45, 2.75) is 12.4 Å². The zero-order valence-electron chi connectivity index (χ0n) is 29.7. The van der Waals surface area contributed by atoms with Gasteiger partial charge in [-0.25, -0.2) is 9.80 Å². The lowest BCUT2D eigenvalue weighted by Crippen LogP contribution is -2.30. The first-order valence-electron chi connectivity index (χ1n) is 17.1. The Morgan fingerprint density at radius 2 is 0.700 bits per heavy atom. The average Bonchev–Trinajstić information content (AvgIpc) is 3.55. The Balaban J connectivity index is 1.16. The Morgan fingerprint density at radius 1 is 0.400 bits per heavy atom. The van der Waals surface area contributed by atoms with Gasteiger partial charge in [0.2, 0.25) is 0 Å². The molecule has 0 aliphatic carbocycles. The highest BCUT2D eigenvalue weighted by atomic mass is 35.5. The quantitative estimate of drug-likeness (QED) is 0.101. The number of fused-ring (bicyclic) bond motifs is 2. The predicted octanol–water partition coefficient (Wildman–Crippen LogP) is 12.1. The summed E-state index contributed by atoms with van der Waals surface area (Å²) in [6.07, 6.45) is -10.6. The fourth-order valence-corrected chi connectivity index (χ4v) is 8.72. The van der Waals surface area contributed by atoms with Crippen LogP contribution in [0.4, 0.5) is 49.1 Å². The SMILES string of the molecule is Nc1cc(Cl)c(-c2ccc3c(c2)C(=O)N(c2ccc(-c4ccc(N5C(=O)c6ccc(-c7c(Cl)cc(N)cc7Cl)cc6C5=O)cc4C(F)(F)F)c(C(F)(F)F)c2)C3=O)c(Cl)c1. The summed E-state index contributed by atoms with van der Waals surface area (Å²) in [4.78, 5) is 55.3. The number of amides is 4. The number of benzene rings is 6. The molecule has 4 N–H and O–H groups in total. The summed E-state index contributed by atoms with van der Waals surface area (Å²) in [5.41, 5.74) is 6.11. The van der Waals surface area contributed by atoms with Crippen LogP contribution in [0, 0.1) is 0 Å². The standard InChI is InChI=1S/C42H20Cl4F6N4O4/c43-31-11-19(53)12-32(44)35(31)17-1-5-25-27(9-17)39(59)55(37(25)57)21-3-7-23(29(15-21)41(47,48)49)24-8-4-22(16-30(24)42(50,51)52)56-38(58)26-6-2-18(10-28(26)40(56)60)36-33(45)13-20(54)14-34(36)46/h1-16H,53-54H2. The number of nitrogens with two attached hydrogens (primary N) is 2. The van der Waals surface area contributed by atoms with E-state index in [-0.39, 0.29) is 64.8 Å². The van der Waals surface area contributed by atoms with Gasteiger partial charge in [0, 0.05) is 22.5 Å². The van der Waals surface area contributed by atoms with Crippen LogP contribution in [0.5, 0.6) is 0 Å². The van der Waals surface area contributed by atoms with Crippen LogP contribution in [0.15, 0.2) is 97.1 Å². The summed E-state index contributed by atoms with van der Waals surface area (Å²) in [6, 6.07) is 17.6. The van der Waals surface area contributed by atoms with E-state index in [1.807, 2.05) is 0 Å². The van der Waals surface area contributed by atoms with Gasteiger partial charge in [-0.15, -0.1) is 0 Å². The molecule has 18 heteroatoms. The van der Waals surface area contributed by atoms with Crippen LogP contribution < -0.4 is 21.3 Å². The smallest absolute Gasteiger partial charge is 0.399 e. The average molecular weight is 900 g/mol. The number of rotatable bonds is 5. The summed E-state index contributed by atoms with van der Waals surface area (Å²) in [5, 5.41) is 0.480. The van der Waals surface area contributed by atoms with Crippen LogP contribution in [0.3, 0.4) is 0 Å². The molecule has 60 heavy (non-hydrogen) atoms. The molecule has 0 saturated carbocycles. The number of anilines is 4. The molecule has 6 aromatic carbocycles. The van der Waals surface area contributed by atoms with E-state index >= 15 is 0 Å². The molecule has 0 radical (unpaired) electrons. The maximum absolute atomic E-state index is 14.8. The number of hydrogen-bond acceptors (Lipinski definition) is 6. The van der Waals surface area contributed by atoms with Gasteiger partial charge in [0.25, 0.3) is 23.6 Å². The lowest BCUT2D eigenvalue weighted by Gasteiger charge is -2.22. The Labute approximate surface area is 354 Å². The molecular formula is C42H20Cl4F6N4O4. The Morgan fingerprint density at radius 3 is 1.02 bits per heavy atom. The zero-order valence-corrected chi connectivity index (χ0v) is 32.7. The number of carbonyl (C=O) groups is 4. The number of hydrogen-bond donors (Lipinski definition) is 2. The normalized spacial score (nSPS) is 14.0. The minimum atomic E-state index is -5.32. The summed E-state index contributed by atoms with van der Waals surface area (Å²) < 4.78 is 88.9. The van der Waals surface area contributed by atoms with E-state index < -0.39 is 69.6 Å². The number of carbonyl (C=O) groups excluding carboxylic acids is 4. The monoisotopic (exact) mass is 898 g/mol. The number of imide groups is 2. The van der Waals surface area contributed by atoms with Gasteiger partial charge in [-0.3, -0.25) is 19.2 Å². The van der Waals surface area contributed by atoms with Gasteiger partial charge in [0.1, 0.15) is 0 Å². The fraction of sp³-hybridized carbons (Fsp3) is 0.0476. The molecular weight excluding hydrogens is 880 g/mol. The first kappa shape index (κ1) is 40.7. The third-order valence-electron chi connectivity index (χ3n) is 9.90. The molecule has 0 saturated heterocycles. The lowest BCUT2D eigenvalue weighted by atomic mass is 9.93. The minimum absolute atomic E-state index is 0.120. The van der Waals surface area contributed by atoms with E-state index in [0.29, 0.717) is 45.2 Å². The molecule has 6 aromatic rings. The molecule has 2 heterocycles. The number of nitrogen functional groups attached to an aromatic ring is 2. The van der Waals surface area contributed by atoms with Crippen LogP contribution >= 0.6 is 46.4 Å². The molecule has 4 amide bonds. The van der Waals surface area contributed by atoms with Crippen LogP contribution in [0.1, 0.15) is 52.6 Å². The second-order valence-corrected chi connectivity index (χ2v) is 15.2. The van der Waals surface area contributed by atoms with Gasteiger partial charge in [0.05, 0.1) is 64.8 Å². The van der Waals surface area contributed by atoms with Gasteiger partial charge >= 0.3 is 12.4 Å². The molecule has 302 valence electrons. The largest absolute Gasteiger partial charge is 0.417 e. The van der Waals surface area contributed by atoms with E-state index in [9.17, 15) is 45.5 Å². The van der Waals surface area contributed by atoms with Crippen molar-refractivity contribution in [2.75, 3.05) is 21.3 Å². The Hall–Kier alpha value is -6.06. The summed E-state index contributed by atoms with van der Waals surface area (Å²) in [5.74, 6) is -4.03. The van der Waals surface area contributed by atoms with Crippen molar-refractivity contribution in [3.05, 3.63) is 151 Å². The van der Waals surface area contributed by atoms with Gasteiger partial charge in [-0.05, 0) is 95.1 Å². The van der Waals surface area contributed by atoms with Crippen molar-refractivity contribution < 1.29 is 45.5 Å². The van der Waals surface area contributed by atoms with Crippen LogP contribution in [-0.4, -0.2) is 23.6 Å². The van der Waals surface area contributed by atoms with Gasteiger partial charge in [-0.1, -0.05) is 70.7 Å². The Kier molecular flexibility index (Phi) is 9.70. The molecule has 0 spiro atoms. The Bertz CT molecular complexity index is 2690. The van der Waals surface area contributed by atoms with Crippen molar-refractivity contribution in [3.63, 3.8) is 0 Å². The second-order valence-electron chi connectivity index (χ2n) is 13.6. The van der Waals surface area contributed by atoms with Crippen LogP contribution in [0.25, 0.3) is 33.4 Å². The van der Waals surface area contributed by atoms with E-state index in [1.54, 1.807) is 0 Å². The van der Waals surface area contributed by atoms with Crippen LogP contribution in [0.2, 0.25) is 20.1 Å². The molecule has 0 fully saturated rings. The van der Waals surface area contributed by atoms with Crippen molar-refractivity contribution in [2.24, 2.45) is 0 Å². The zero-order chi connectivity index (χ0) is 43.3. The van der Waals surface area contributed by atoms with Crippen molar-refractivity contribution in [3.8, 4) is 33.4 Å². The predicted molar refractivity (Wildman–Crippen MR) is 217 cm³/mol. The topological polar surface area (TPSA) is 127 Å². The highest BCUT2D eigenvalue weighted by Crippen LogP contribution is 2.47. The molecule has 2 aliphatic rings.